The third-order valence-electron chi connectivity index (χ3n) is 0.893. The highest BCUT2D eigenvalue weighted by Crippen LogP contribution is 2.21. The summed E-state index contributed by atoms with van der Waals surface area (Å²) in [6.45, 7) is 3.87. The Morgan fingerprint density at radius 2 is 2.00 bits per heavy atom. The molecule has 0 aromatic heterocycles. The van der Waals surface area contributed by atoms with Crippen molar-refractivity contribution >= 4 is 0 Å². The Bertz CT molecular complexity index is 74.9. The molecule has 0 amide bonds. The molecule has 0 aliphatic rings. The monoisotopic (exact) mass is 139 g/mol. The highest BCUT2D eigenvalue weighted by molar-refractivity contribution is 4.66. The molecule has 0 saturated heterocycles. The maximum Gasteiger partial charge on any atom is 0.248 e. The van der Waals surface area contributed by atoms with Gasteiger partial charge in [-0.05, 0) is 13.3 Å². The van der Waals surface area contributed by atoms with Crippen LogP contribution in [0.1, 0.15) is 19.8 Å². The first kappa shape index (κ1) is 8.79. The van der Waals surface area contributed by atoms with E-state index < -0.39 is 18.5 Å². The van der Waals surface area contributed by atoms with Crippen LogP contribution in [0, 0.1) is 6.92 Å². The van der Waals surface area contributed by atoms with Gasteiger partial charge in [0.25, 0.3) is 0 Å². The van der Waals surface area contributed by atoms with E-state index in [-0.39, 0.29) is 6.42 Å². The van der Waals surface area contributed by atoms with Gasteiger partial charge in [-0.2, -0.15) is 0 Å². The van der Waals surface area contributed by atoms with Gasteiger partial charge in [0.15, 0.2) is 0 Å². The van der Waals surface area contributed by atoms with Crippen LogP contribution in [0.4, 0.5) is 13.2 Å². The van der Waals surface area contributed by atoms with Gasteiger partial charge in [-0.3, -0.25) is 0 Å². The van der Waals surface area contributed by atoms with E-state index in [1.54, 1.807) is 0 Å². The van der Waals surface area contributed by atoms with Crippen LogP contribution in [0.5, 0.6) is 0 Å². The van der Waals surface area contributed by atoms with Gasteiger partial charge in [-0.1, -0.05) is 6.92 Å². The fourth-order valence-electron chi connectivity index (χ4n) is 0.491. The summed E-state index contributed by atoms with van der Waals surface area (Å²) in [7, 11) is 0. The van der Waals surface area contributed by atoms with Crippen molar-refractivity contribution in [1.82, 2.24) is 0 Å². The molecule has 0 aromatic carbocycles. The molecule has 3 heteroatoms. The molecule has 0 saturated carbocycles. The predicted molar refractivity (Wildman–Crippen MR) is 30.1 cm³/mol. The van der Waals surface area contributed by atoms with E-state index in [1.807, 2.05) is 0 Å². The van der Waals surface area contributed by atoms with Gasteiger partial charge in [0.05, 0.1) is 0 Å². The van der Waals surface area contributed by atoms with Crippen LogP contribution in [0.3, 0.4) is 0 Å². The number of alkyl halides is 3. The van der Waals surface area contributed by atoms with E-state index in [1.165, 1.54) is 0 Å². The third-order valence-corrected chi connectivity index (χ3v) is 0.893. The van der Waals surface area contributed by atoms with Gasteiger partial charge < -0.3 is 0 Å². The van der Waals surface area contributed by atoms with Crippen LogP contribution in [0.15, 0.2) is 0 Å². The van der Waals surface area contributed by atoms with Gasteiger partial charge in [-0.15, -0.1) is 0 Å². The minimum atomic E-state index is -2.89. The third kappa shape index (κ3) is 5.66. The van der Waals surface area contributed by atoms with Crippen molar-refractivity contribution in [2.24, 2.45) is 0 Å². The van der Waals surface area contributed by atoms with Gasteiger partial charge in [0.2, 0.25) is 5.92 Å². The zero-order valence-corrected chi connectivity index (χ0v) is 5.33. The van der Waals surface area contributed by atoms with Crippen molar-refractivity contribution in [3.05, 3.63) is 6.92 Å². The van der Waals surface area contributed by atoms with Crippen LogP contribution in [-0.2, 0) is 0 Å². The highest BCUT2D eigenvalue weighted by Gasteiger charge is 2.25. The summed E-state index contributed by atoms with van der Waals surface area (Å²) in [5.74, 6) is -2.89. The lowest BCUT2D eigenvalue weighted by Crippen LogP contribution is -2.16. The average molecular weight is 139 g/mol. The normalized spacial score (nSPS) is 15.7. The second-order valence-electron chi connectivity index (χ2n) is 2.16. The lowest BCUT2D eigenvalue weighted by atomic mass is 10.1. The van der Waals surface area contributed by atoms with Crippen LogP contribution < -0.4 is 0 Å². The molecule has 0 spiro atoms. The van der Waals surface area contributed by atoms with Crippen molar-refractivity contribution in [1.29, 1.82) is 0 Å². The summed E-state index contributed by atoms with van der Waals surface area (Å²) in [5.41, 5.74) is 0. The van der Waals surface area contributed by atoms with Crippen LogP contribution in [-0.4, -0.2) is 12.1 Å². The number of hydrogen-bond acceptors (Lipinski definition) is 0. The van der Waals surface area contributed by atoms with Crippen molar-refractivity contribution < 1.29 is 13.2 Å². The standard InChI is InChI=1S/C6H10F3/c1-3-5(7)4-6(2,8)9/h5H,1,3-4H2,2H3/t5-/m0/s1. The Balaban J connectivity index is 3.47. The molecule has 0 bridgehead atoms. The number of hydrogen-bond donors (Lipinski definition) is 0. The highest BCUT2D eigenvalue weighted by atomic mass is 19.3. The Kier molecular flexibility index (Phi) is 3.01. The first-order valence-electron chi connectivity index (χ1n) is 2.77. The van der Waals surface area contributed by atoms with Crippen molar-refractivity contribution in [2.45, 2.75) is 31.9 Å². The fraction of sp³-hybridized carbons (Fsp3) is 0.833. The Morgan fingerprint density at radius 3 is 2.11 bits per heavy atom. The van der Waals surface area contributed by atoms with Crippen molar-refractivity contribution in [3.8, 4) is 0 Å². The summed E-state index contributed by atoms with van der Waals surface area (Å²) < 4.78 is 35.9. The summed E-state index contributed by atoms with van der Waals surface area (Å²) in [5, 5.41) is 0. The molecule has 0 rings (SSSR count). The second kappa shape index (κ2) is 3.08. The van der Waals surface area contributed by atoms with Crippen LogP contribution >= 0.6 is 0 Å². The molecular formula is C6H10F3. The van der Waals surface area contributed by atoms with Crippen molar-refractivity contribution in [2.75, 3.05) is 0 Å². The first-order valence-corrected chi connectivity index (χ1v) is 2.77. The molecule has 0 fully saturated rings. The molecule has 0 nitrogen and oxygen atoms in total. The molecule has 0 aromatic rings. The first-order chi connectivity index (χ1) is 3.95. The molecule has 0 heterocycles. The topological polar surface area (TPSA) is 0 Å². The number of halogens is 3. The summed E-state index contributed by atoms with van der Waals surface area (Å²) >= 11 is 0. The van der Waals surface area contributed by atoms with E-state index in [0.29, 0.717) is 6.92 Å². The van der Waals surface area contributed by atoms with E-state index in [0.717, 1.165) is 0 Å². The van der Waals surface area contributed by atoms with Gasteiger partial charge in [-0.25, -0.2) is 13.2 Å². The fourth-order valence-corrected chi connectivity index (χ4v) is 0.491. The van der Waals surface area contributed by atoms with Crippen LogP contribution in [0.25, 0.3) is 0 Å². The molecular weight excluding hydrogens is 129 g/mol. The number of rotatable bonds is 3. The maximum atomic E-state index is 12.1. The zero-order chi connectivity index (χ0) is 7.49. The summed E-state index contributed by atoms with van der Waals surface area (Å²) in [6, 6.07) is 0. The largest absolute Gasteiger partial charge is 0.248 e. The van der Waals surface area contributed by atoms with Gasteiger partial charge >= 0.3 is 0 Å². The zero-order valence-electron chi connectivity index (χ0n) is 5.33. The molecule has 0 unspecified atom stereocenters. The summed E-state index contributed by atoms with van der Waals surface area (Å²) in [6.07, 6.45) is -2.26. The smallest absolute Gasteiger partial charge is 0.247 e. The van der Waals surface area contributed by atoms with E-state index in [2.05, 4.69) is 6.92 Å². The molecule has 55 valence electrons. The average Bonchev–Trinajstić information content (AvgIpc) is 1.62. The van der Waals surface area contributed by atoms with E-state index in [9.17, 15) is 13.2 Å². The molecule has 1 radical (unpaired) electrons. The molecule has 9 heavy (non-hydrogen) atoms. The molecule has 0 aliphatic carbocycles. The molecule has 0 aliphatic heterocycles. The maximum absolute atomic E-state index is 12.1. The lowest BCUT2D eigenvalue weighted by Gasteiger charge is -2.11. The lowest BCUT2D eigenvalue weighted by molar-refractivity contribution is -0.00899. The minimum absolute atomic E-state index is 0.0799. The minimum Gasteiger partial charge on any atom is -0.247 e. The van der Waals surface area contributed by atoms with E-state index in [4.69, 9.17) is 0 Å². The Labute approximate surface area is 53.1 Å². The SMILES string of the molecule is [CH2]C[C@H](F)CC(C)(F)F. The summed E-state index contributed by atoms with van der Waals surface area (Å²) in [4.78, 5) is 0. The van der Waals surface area contributed by atoms with Crippen molar-refractivity contribution in [3.63, 3.8) is 0 Å². The van der Waals surface area contributed by atoms with Gasteiger partial charge in [0, 0.05) is 6.42 Å². The predicted octanol–water partition coefficient (Wildman–Crippen LogP) is 2.59. The Morgan fingerprint density at radius 1 is 1.56 bits per heavy atom. The van der Waals surface area contributed by atoms with E-state index >= 15 is 0 Å². The molecule has 0 N–H and O–H groups in total. The Hall–Kier alpha value is -0.210. The molecule has 1 atom stereocenters. The van der Waals surface area contributed by atoms with Crippen LogP contribution in [0.2, 0.25) is 0 Å². The van der Waals surface area contributed by atoms with Gasteiger partial charge in [0.1, 0.15) is 6.17 Å². The second-order valence-corrected chi connectivity index (χ2v) is 2.16. The quantitative estimate of drug-likeness (QED) is 0.563.